The van der Waals surface area contributed by atoms with E-state index in [-0.39, 0.29) is 30.0 Å². The van der Waals surface area contributed by atoms with E-state index in [1.807, 2.05) is 0 Å². The lowest BCUT2D eigenvalue weighted by Crippen LogP contribution is -2.41. The number of benzene rings is 1. The molecule has 36 heavy (non-hydrogen) atoms. The summed E-state index contributed by atoms with van der Waals surface area (Å²) in [4.78, 5) is 44.1. The van der Waals surface area contributed by atoms with Crippen molar-refractivity contribution in [1.29, 1.82) is 0 Å². The van der Waals surface area contributed by atoms with Crippen LogP contribution >= 0.6 is 27.5 Å². The highest BCUT2D eigenvalue weighted by atomic mass is 79.9. The number of hydrogen-bond donors (Lipinski definition) is 6. The Morgan fingerprint density at radius 2 is 2.06 bits per heavy atom. The van der Waals surface area contributed by atoms with Crippen LogP contribution in [-0.4, -0.2) is 71.1 Å². The standard InChI is InChI=1S/C21H22BrFN6O5.CH3Cl/c22-15-3-1-2-14(19(15)33)16(5-18(31)32)29-17(30)10-25-20(34)11-4-13(9-24-6-11)28-21-26-7-12(23)8-27-21;1-2/h1-4,6,9,12,16,33H,5,7-8,10H2,(H,25,34)(H,29,30)(H,31,32)(H2,26,27,28);1H3/t16-;/m1./s1. The molecule has 3 rings (SSSR count). The van der Waals surface area contributed by atoms with Gasteiger partial charge in [0.05, 0.1) is 54.0 Å². The third-order valence-corrected chi connectivity index (χ3v) is 5.36. The van der Waals surface area contributed by atoms with Crippen molar-refractivity contribution in [3.05, 3.63) is 52.3 Å². The van der Waals surface area contributed by atoms with E-state index in [2.05, 4.69) is 58.8 Å². The van der Waals surface area contributed by atoms with E-state index in [0.29, 0.717) is 16.1 Å². The van der Waals surface area contributed by atoms with Gasteiger partial charge in [0.1, 0.15) is 11.9 Å². The number of nitrogens with zero attached hydrogens (tertiary/aromatic N) is 2. The van der Waals surface area contributed by atoms with Crippen molar-refractivity contribution >= 4 is 57.0 Å². The Labute approximate surface area is 219 Å². The van der Waals surface area contributed by atoms with E-state index in [1.165, 1.54) is 30.9 Å². The molecule has 1 aromatic heterocycles. The van der Waals surface area contributed by atoms with Gasteiger partial charge in [0.25, 0.3) is 5.91 Å². The lowest BCUT2D eigenvalue weighted by atomic mass is 10.0. The van der Waals surface area contributed by atoms with Gasteiger partial charge >= 0.3 is 5.97 Å². The smallest absolute Gasteiger partial charge is 0.305 e. The number of guanidine groups is 1. The summed E-state index contributed by atoms with van der Waals surface area (Å²) in [6.07, 6.45) is 2.70. The van der Waals surface area contributed by atoms with Crippen molar-refractivity contribution in [1.82, 2.24) is 20.9 Å². The fourth-order valence-electron chi connectivity index (χ4n) is 3.11. The average molecular weight is 588 g/mol. The molecule has 194 valence electrons. The molecule has 1 aliphatic heterocycles. The van der Waals surface area contributed by atoms with E-state index in [1.54, 1.807) is 12.1 Å². The highest BCUT2D eigenvalue weighted by molar-refractivity contribution is 9.10. The van der Waals surface area contributed by atoms with Gasteiger partial charge in [0, 0.05) is 18.1 Å². The largest absolute Gasteiger partial charge is 0.506 e. The van der Waals surface area contributed by atoms with Gasteiger partial charge in [0.15, 0.2) is 5.96 Å². The van der Waals surface area contributed by atoms with Gasteiger partial charge in [-0.1, -0.05) is 12.1 Å². The number of amides is 2. The summed E-state index contributed by atoms with van der Waals surface area (Å²) >= 11 is 7.79. The van der Waals surface area contributed by atoms with Crippen LogP contribution < -0.4 is 21.3 Å². The normalized spacial score (nSPS) is 15.2. The van der Waals surface area contributed by atoms with Crippen LogP contribution in [0.4, 0.5) is 10.1 Å². The number of phenols is 1. The van der Waals surface area contributed by atoms with Crippen molar-refractivity contribution in [2.75, 3.05) is 31.3 Å². The van der Waals surface area contributed by atoms with Gasteiger partial charge < -0.3 is 31.5 Å². The third kappa shape index (κ3) is 8.64. The summed E-state index contributed by atoms with van der Waals surface area (Å²) in [7, 11) is 0. The monoisotopic (exact) mass is 586 g/mol. The van der Waals surface area contributed by atoms with E-state index < -0.39 is 43.0 Å². The van der Waals surface area contributed by atoms with Crippen LogP contribution in [0, 0.1) is 0 Å². The first kappa shape index (κ1) is 28.8. The molecule has 2 aromatic rings. The molecule has 1 aliphatic rings. The number of aliphatic carboxylic acids is 1. The minimum absolute atomic E-state index is 0.0264. The van der Waals surface area contributed by atoms with Gasteiger partial charge in [-0.15, -0.1) is 11.6 Å². The second kappa shape index (κ2) is 14.2. The molecular weight excluding hydrogens is 563 g/mol. The van der Waals surface area contributed by atoms with Crippen LogP contribution in [0.1, 0.15) is 28.4 Å². The van der Waals surface area contributed by atoms with Crippen LogP contribution in [0.3, 0.4) is 0 Å². The predicted molar refractivity (Wildman–Crippen MR) is 136 cm³/mol. The zero-order valence-electron chi connectivity index (χ0n) is 19.1. The number of nitrogens with one attached hydrogen (secondary N) is 4. The quantitative estimate of drug-likeness (QED) is 0.256. The van der Waals surface area contributed by atoms with Crippen LogP contribution in [0.15, 0.2) is 46.1 Å². The summed E-state index contributed by atoms with van der Waals surface area (Å²) in [5, 5.41) is 30.0. The number of rotatable bonds is 8. The van der Waals surface area contributed by atoms with Crippen LogP contribution in [0.2, 0.25) is 0 Å². The predicted octanol–water partition coefficient (Wildman–Crippen LogP) is 2.18. The van der Waals surface area contributed by atoms with Gasteiger partial charge in [0.2, 0.25) is 5.91 Å². The number of aromatic nitrogens is 1. The first-order valence-electron chi connectivity index (χ1n) is 10.5. The number of carbonyl (C=O) groups excluding carboxylic acids is 2. The maximum atomic E-state index is 13.2. The SMILES string of the molecule is CCl.O=C(O)C[C@@H](NC(=O)CNC(=O)c1cncc(NC2=NCC(F)CN2)c1)c1cccc(Br)c1O. The second-order valence-electron chi connectivity index (χ2n) is 7.33. The van der Waals surface area contributed by atoms with Gasteiger partial charge in [-0.25, -0.2) is 9.38 Å². The van der Waals surface area contributed by atoms with Crippen LogP contribution in [-0.2, 0) is 9.59 Å². The summed E-state index contributed by atoms with van der Waals surface area (Å²) in [6, 6.07) is 5.14. The highest BCUT2D eigenvalue weighted by Crippen LogP contribution is 2.33. The highest BCUT2D eigenvalue weighted by Gasteiger charge is 2.22. The number of hydrogen-bond acceptors (Lipinski definition) is 8. The topological polar surface area (TPSA) is 165 Å². The molecule has 0 bridgehead atoms. The summed E-state index contributed by atoms with van der Waals surface area (Å²) in [5.74, 6) is -2.25. The Balaban J connectivity index is 0.00000222. The molecule has 14 heteroatoms. The first-order valence-corrected chi connectivity index (χ1v) is 12.1. The Morgan fingerprint density at radius 3 is 2.72 bits per heavy atom. The molecule has 2 atom stereocenters. The number of carboxylic acids is 1. The maximum absolute atomic E-state index is 13.2. The maximum Gasteiger partial charge on any atom is 0.305 e. The molecule has 2 amide bonds. The molecule has 0 radical (unpaired) electrons. The molecule has 0 saturated carbocycles. The van der Waals surface area contributed by atoms with Crippen molar-refractivity contribution in [3.63, 3.8) is 0 Å². The lowest BCUT2D eigenvalue weighted by Gasteiger charge is -2.19. The molecule has 6 N–H and O–H groups in total. The molecule has 11 nitrogen and oxygen atoms in total. The number of para-hydroxylation sites is 1. The number of alkyl halides is 2. The fraction of sp³-hybridized carbons (Fsp3) is 0.318. The van der Waals surface area contributed by atoms with E-state index in [9.17, 15) is 29.0 Å². The molecule has 0 spiro atoms. The number of phenolic OH excluding ortho intramolecular Hbond substituents is 1. The Kier molecular flexibility index (Phi) is 11.3. The van der Waals surface area contributed by atoms with Crippen LogP contribution in [0.25, 0.3) is 0 Å². The molecular formula is C22H25BrClFN6O5. The Hall–Kier alpha value is -3.45. The number of halogens is 3. The zero-order valence-corrected chi connectivity index (χ0v) is 21.4. The summed E-state index contributed by atoms with van der Waals surface area (Å²) in [5.41, 5.74) is 0.814. The minimum Gasteiger partial charge on any atom is -0.506 e. The first-order chi connectivity index (χ1) is 17.2. The van der Waals surface area contributed by atoms with Gasteiger partial charge in [-0.3, -0.25) is 19.4 Å². The van der Waals surface area contributed by atoms with Crippen molar-refractivity contribution < 1.29 is 29.0 Å². The average Bonchev–Trinajstić information content (AvgIpc) is 2.86. The third-order valence-electron chi connectivity index (χ3n) is 4.72. The number of carboxylic acid groups (broad SMARTS) is 1. The number of pyridine rings is 1. The van der Waals surface area contributed by atoms with Crippen LogP contribution in [0.5, 0.6) is 5.75 Å². The lowest BCUT2D eigenvalue weighted by molar-refractivity contribution is -0.137. The number of anilines is 1. The van der Waals surface area contributed by atoms with Gasteiger partial charge in [-0.2, -0.15) is 0 Å². The van der Waals surface area contributed by atoms with E-state index >= 15 is 0 Å². The minimum atomic E-state index is -1.18. The summed E-state index contributed by atoms with van der Waals surface area (Å²) in [6.45, 7) is -0.290. The Bertz CT molecular complexity index is 1120. The molecule has 0 fully saturated rings. The van der Waals surface area contributed by atoms with Crippen molar-refractivity contribution in [2.24, 2.45) is 4.99 Å². The molecule has 1 unspecified atom stereocenters. The molecule has 1 aromatic carbocycles. The number of carbonyl (C=O) groups is 3. The molecule has 2 heterocycles. The Morgan fingerprint density at radius 1 is 1.31 bits per heavy atom. The molecule has 0 saturated heterocycles. The van der Waals surface area contributed by atoms with Crippen molar-refractivity contribution in [3.8, 4) is 5.75 Å². The van der Waals surface area contributed by atoms with E-state index in [4.69, 9.17) is 0 Å². The fourth-order valence-corrected chi connectivity index (χ4v) is 3.49. The zero-order chi connectivity index (χ0) is 26.7. The number of aliphatic imine (C=N–C) groups is 1. The van der Waals surface area contributed by atoms with E-state index in [0.717, 1.165) is 0 Å². The molecule has 0 aliphatic carbocycles. The second-order valence-corrected chi connectivity index (χ2v) is 8.19. The van der Waals surface area contributed by atoms with Gasteiger partial charge in [-0.05, 0) is 28.1 Å². The number of aromatic hydroxyl groups is 1. The summed E-state index contributed by atoms with van der Waals surface area (Å²) < 4.78 is 13.5. The van der Waals surface area contributed by atoms with Crippen molar-refractivity contribution in [2.45, 2.75) is 18.6 Å².